The normalized spacial score (nSPS) is 19.7. The van der Waals surface area contributed by atoms with Gasteiger partial charge in [0.05, 0.1) is 23.4 Å². The predicted octanol–water partition coefficient (Wildman–Crippen LogP) is 2.54. The number of H-pyrrole nitrogens is 1. The van der Waals surface area contributed by atoms with E-state index in [2.05, 4.69) is 25.4 Å². The number of fused-ring (bicyclic) bond motifs is 2. The van der Waals surface area contributed by atoms with E-state index in [1.807, 2.05) is 6.92 Å². The fourth-order valence-corrected chi connectivity index (χ4v) is 4.04. The maximum absolute atomic E-state index is 13.6. The minimum absolute atomic E-state index is 0.0448. The number of aliphatic hydroxyl groups is 1. The molecule has 0 aliphatic heterocycles. The van der Waals surface area contributed by atoms with E-state index in [1.54, 1.807) is 30.2 Å². The number of rotatable bonds is 4. The summed E-state index contributed by atoms with van der Waals surface area (Å²) in [6.45, 7) is 1.94. The topological polar surface area (TPSA) is 109 Å². The van der Waals surface area contributed by atoms with Crippen molar-refractivity contribution in [2.75, 3.05) is 0 Å². The van der Waals surface area contributed by atoms with Crippen LogP contribution in [0.25, 0.3) is 33.5 Å². The van der Waals surface area contributed by atoms with Gasteiger partial charge in [-0.15, -0.1) is 0 Å². The van der Waals surface area contributed by atoms with Crippen molar-refractivity contribution in [1.82, 2.24) is 30.0 Å². The van der Waals surface area contributed by atoms with E-state index in [-0.39, 0.29) is 29.8 Å². The summed E-state index contributed by atoms with van der Waals surface area (Å²) < 4.78 is 15.2. The largest absolute Gasteiger partial charge is 0.393 e. The highest BCUT2D eigenvalue weighted by atomic mass is 19.1. The fraction of sp³-hybridized carbons (Fsp3) is 0.333. The molecule has 0 saturated heterocycles. The van der Waals surface area contributed by atoms with Gasteiger partial charge in [-0.05, 0) is 43.9 Å². The number of halogens is 1. The van der Waals surface area contributed by atoms with E-state index >= 15 is 0 Å². The summed E-state index contributed by atoms with van der Waals surface area (Å²) in [5.74, 6) is -0.304. The molecule has 4 aromatic rings. The van der Waals surface area contributed by atoms with Gasteiger partial charge in [-0.1, -0.05) is 0 Å². The monoisotopic (exact) mass is 408 g/mol. The number of nitrogens with zero attached hydrogens (tertiary/aromatic N) is 4. The van der Waals surface area contributed by atoms with Gasteiger partial charge in [0.15, 0.2) is 5.65 Å². The van der Waals surface area contributed by atoms with E-state index < -0.39 is 0 Å². The Labute approximate surface area is 171 Å². The highest BCUT2D eigenvalue weighted by Crippen LogP contribution is 2.31. The molecule has 1 saturated carbocycles. The Hall–Kier alpha value is -3.33. The Bertz CT molecular complexity index is 1270. The second-order valence-electron chi connectivity index (χ2n) is 7.94. The van der Waals surface area contributed by atoms with Gasteiger partial charge >= 0.3 is 0 Å². The van der Waals surface area contributed by atoms with Crippen molar-refractivity contribution < 1.29 is 14.3 Å². The predicted molar refractivity (Wildman–Crippen MR) is 109 cm³/mol. The molecule has 1 aliphatic rings. The van der Waals surface area contributed by atoms with Crippen molar-refractivity contribution in [3.63, 3.8) is 0 Å². The smallest absolute Gasteiger partial charge is 0.255 e. The molecule has 0 spiro atoms. The molecule has 1 aromatic carbocycles. The van der Waals surface area contributed by atoms with Gasteiger partial charge in [0.1, 0.15) is 22.7 Å². The van der Waals surface area contributed by atoms with Gasteiger partial charge in [0.2, 0.25) is 0 Å². The van der Waals surface area contributed by atoms with Gasteiger partial charge in [0.25, 0.3) is 5.91 Å². The SMILES string of the molecule is CC(NC(=O)c1c[nH]c2ncc(-c3nn(C)c4cc(F)ccc34)nc12)C1CC(O)C1. The van der Waals surface area contributed by atoms with Crippen molar-refractivity contribution in [2.24, 2.45) is 13.0 Å². The molecule has 3 N–H and O–H groups in total. The van der Waals surface area contributed by atoms with E-state index in [9.17, 15) is 14.3 Å². The zero-order valence-corrected chi connectivity index (χ0v) is 16.6. The van der Waals surface area contributed by atoms with Gasteiger partial charge in [0, 0.05) is 24.7 Å². The molecule has 9 heteroatoms. The van der Waals surface area contributed by atoms with E-state index in [0.717, 1.165) is 5.39 Å². The molecule has 1 fully saturated rings. The number of carbonyl (C=O) groups excluding carboxylic acids is 1. The van der Waals surface area contributed by atoms with Crippen molar-refractivity contribution in [3.05, 3.63) is 42.0 Å². The van der Waals surface area contributed by atoms with Crippen LogP contribution in [-0.4, -0.2) is 47.9 Å². The Morgan fingerprint density at radius 3 is 2.97 bits per heavy atom. The van der Waals surface area contributed by atoms with E-state index in [1.165, 1.54) is 12.1 Å². The van der Waals surface area contributed by atoms with Gasteiger partial charge in [-0.25, -0.2) is 14.4 Å². The first kappa shape index (κ1) is 18.7. The highest BCUT2D eigenvalue weighted by Gasteiger charge is 2.32. The summed E-state index contributed by atoms with van der Waals surface area (Å²) in [4.78, 5) is 24.9. The van der Waals surface area contributed by atoms with Crippen LogP contribution < -0.4 is 5.32 Å². The number of aliphatic hydroxyl groups excluding tert-OH is 1. The first-order chi connectivity index (χ1) is 14.4. The van der Waals surface area contributed by atoms with Crippen LogP contribution in [0.15, 0.2) is 30.6 Å². The molecule has 30 heavy (non-hydrogen) atoms. The third kappa shape index (κ3) is 3.02. The van der Waals surface area contributed by atoms with E-state index in [4.69, 9.17) is 0 Å². The van der Waals surface area contributed by atoms with Crippen LogP contribution in [0.1, 0.15) is 30.1 Å². The minimum atomic E-state index is -0.337. The number of hydrogen-bond acceptors (Lipinski definition) is 5. The van der Waals surface area contributed by atoms with Crippen LogP contribution >= 0.6 is 0 Å². The molecule has 1 atom stereocenters. The third-order valence-corrected chi connectivity index (χ3v) is 5.90. The van der Waals surface area contributed by atoms with Gasteiger partial charge in [-0.3, -0.25) is 9.48 Å². The van der Waals surface area contributed by atoms with Crippen LogP contribution in [0.3, 0.4) is 0 Å². The molecule has 8 nitrogen and oxygen atoms in total. The van der Waals surface area contributed by atoms with Crippen molar-refractivity contribution in [3.8, 4) is 11.4 Å². The standard InChI is InChI=1S/C21H21FN6O2/c1-10(11-5-13(29)6-11)25-21(30)15-8-23-20-19(15)26-16(9-24-20)18-14-4-3-12(22)7-17(14)28(2)27-18/h3-4,7-11,13,29H,5-6H2,1-2H3,(H,23,24)(H,25,30). The second-order valence-corrected chi connectivity index (χ2v) is 7.94. The highest BCUT2D eigenvalue weighted by molar-refractivity contribution is 6.05. The summed E-state index contributed by atoms with van der Waals surface area (Å²) in [6, 6.07) is 4.42. The van der Waals surface area contributed by atoms with Gasteiger partial charge in [-0.2, -0.15) is 5.10 Å². The lowest BCUT2D eigenvalue weighted by molar-refractivity contribution is 0.0270. The zero-order valence-electron chi connectivity index (χ0n) is 16.6. The number of benzene rings is 1. The van der Waals surface area contributed by atoms with Crippen LogP contribution in [0.2, 0.25) is 0 Å². The number of aromatic nitrogens is 5. The molecule has 1 aliphatic carbocycles. The number of aromatic amines is 1. The number of aryl methyl sites for hydroxylation is 1. The summed E-state index contributed by atoms with van der Waals surface area (Å²) in [6.07, 6.45) is 4.32. The number of amides is 1. The summed E-state index contributed by atoms with van der Waals surface area (Å²) in [5.41, 5.74) is 3.08. The molecular weight excluding hydrogens is 387 g/mol. The molecule has 5 rings (SSSR count). The Balaban J connectivity index is 1.50. The average Bonchev–Trinajstić information content (AvgIpc) is 3.26. The summed E-state index contributed by atoms with van der Waals surface area (Å²) in [7, 11) is 1.74. The van der Waals surface area contributed by atoms with Crippen LogP contribution in [-0.2, 0) is 7.05 Å². The maximum atomic E-state index is 13.6. The first-order valence-electron chi connectivity index (χ1n) is 9.86. The van der Waals surface area contributed by atoms with Crippen LogP contribution in [0.4, 0.5) is 4.39 Å². The van der Waals surface area contributed by atoms with Gasteiger partial charge < -0.3 is 15.4 Å². The molecular formula is C21H21FN6O2. The Morgan fingerprint density at radius 2 is 2.20 bits per heavy atom. The molecule has 0 radical (unpaired) electrons. The number of nitrogens with one attached hydrogen (secondary N) is 2. The third-order valence-electron chi connectivity index (χ3n) is 5.90. The minimum Gasteiger partial charge on any atom is -0.393 e. The molecule has 3 heterocycles. The van der Waals surface area contributed by atoms with Crippen molar-refractivity contribution in [2.45, 2.75) is 31.9 Å². The lowest BCUT2D eigenvalue weighted by atomic mass is 9.78. The first-order valence-corrected chi connectivity index (χ1v) is 9.86. The quantitative estimate of drug-likeness (QED) is 0.481. The summed E-state index contributed by atoms with van der Waals surface area (Å²) >= 11 is 0. The Morgan fingerprint density at radius 1 is 1.40 bits per heavy atom. The van der Waals surface area contributed by atoms with Crippen LogP contribution in [0.5, 0.6) is 0 Å². The maximum Gasteiger partial charge on any atom is 0.255 e. The lowest BCUT2D eigenvalue weighted by Gasteiger charge is -2.36. The molecule has 3 aromatic heterocycles. The van der Waals surface area contributed by atoms with E-state index in [0.29, 0.717) is 46.5 Å². The average molecular weight is 408 g/mol. The Kier molecular flexibility index (Phi) is 4.28. The second kappa shape index (κ2) is 6.88. The number of hydrogen-bond donors (Lipinski definition) is 3. The summed E-state index contributed by atoms with van der Waals surface area (Å²) in [5, 5.41) is 17.7. The van der Waals surface area contributed by atoms with Crippen LogP contribution in [0, 0.1) is 11.7 Å². The molecule has 1 unspecified atom stereocenters. The number of carbonyl (C=O) groups is 1. The van der Waals surface area contributed by atoms with Crippen molar-refractivity contribution >= 4 is 28.0 Å². The van der Waals surface area contributed by atoms with Crippen molar-refractivity contribution in [1.29, 1.82) is 0 Å². The lowest BCUT2D eigenvalue weighted by Crippen LogP contribution is -2.45. The molecule has 0 bridgehead atoms. The molecule has 1 amide bonds. The fourth-order valence-electron chi connectivity index (χ4n) is 4.04. The zero-order chi connectivity index (χ0) is 21.0. The molecule has 154 valence electrons.